The molecule has 1 aromatic carbocycles. The molecule has 2 aromatic rings. The molecule has 3 N–H and O–H groups in total. The van der Waals surface area contributed by atoms with Crippen molar-refractivity contribution in [1.82, 2.24) is 10.3 Å². The van der Waals surface area contributed by atoms with E-state index < -0.39 is 5.54 Å². The molecule has 1 heterocycles. The smallest absolute Gasteiger partial charge is 0.270 e. The molecular weight excluding hydrogens is 333 g/mol. The van der Waals surface area contributed by atoms with E-state index in [9.17, 15) is 4.79 Å². The third-order valence-corrected chi connectivity index (χ3v) is 3.08. The molecule has 4 nitrogen and oxygen atoms in total. The van der Waals surface area contributed by atoms with Crippen molar-refractivity contribution < 1.29 is 4.79 Å². The van der Waals surface area contributed by atoms with Gasteiger partial charge in [0.1, 0.15) is 5.69 Å². The summed E-state index contributed by atoms with van der Waals surface area (Å²) < 4.78 is 0. The van der Waals surface area contributed by atoms with Crippen LogP contribution in [0.5, 0.6) is 0 Å². The molecule has 0 atom stereocenters. The number of aromatic nitrogens is 1. The third kappa shape index (κ3) is 5.00. The fourth-order valence-electron chi connectivity index (χ4n) is 1.64. The van der Waals surface area contributed by atoms with Crippen molar-refractivity contribution in [3.8, 4) is 0 Å². The Labute approximate surface area is 141 Å². The first kappa shape index (κ1) is 19.9. The average molecular weight is 351 g/mol. The molecule has 0 spiro atoms. The predicted molar refractivity (Wildman–Crippen MR) is 91.8 cm³/mol. The SMILES string of the molecule is CC(C)(CN)NC(=O)c1ccc2ccc(Cl)cc2n1.Cl.Cl. The van der Waals surface area contributed by atoms with Gasteiger partial charge in [-0.25, -0.2) is 4.98 Å². The Morgan fingerprint density at radius 3 is 2.52 bits per heavy atom. The Morgan fingerprint density at radius 2 is 1.90 bits per heavy atom. The van der Waals surface area contributed by atoms with Crippen LogP contribution in [0.1, 0.15) is 24.3 Å². The second-order valence-electron chi connectivity index (χ2n) is 5.08. The highest BCUT2D eigenvalue weighted by atomic mass is 35.5. The zero-order chi connectivity index (χ0) is 14.0. The van der Waals surface area contributed by atoms with Crippen LogP contribution in [0.3, 0.4) is 0 Å². The van der Waals surface area contributed by atoms with Crippen molar-refractivity contribution in [2.75, 3.05) is 6.54 Å². The topological polar surface area (TPSA) is 68.0 Å². The lowest BCUT2D eigenvalue weighted by Gasteiger charge is -2.23. The second kappa shape index (κ2) is 7.80. The van der Waals surface area contributed by atoms with Crippen molar-refractivity contribution in [3.05, 3.63) is 41.0 Å². The van der Waals surface area contributed by atoms with Crippen LogP contribution in [-0.4, -0.2) is 23.0 Å². The van der Waals surface area contributed by atoms with E-state index in [1.165, 1.54) is 0 Å². The fourth-order valence-corrected chi connectivity index (χ4v) is 1.81. The molecule has 2 rings (SSSR count). The van der Waals surface area contributed by atoms with E-state index in [4.69, 9.17) is 17.3 Å². The van der Waals surface area contributed by atoms with Crippen LogP contribution in [0.15, 0.2) is 30.3 Å². The van der Waals surface area contributed by atoms with Crippen LogP contribution < -0.4 is 11.1 Å². The summed E-state index contributed by atoms with van der Waals surface area (Å²) in [6.07, 6.45) is 0. The molecule has 0 fully saturated rings. The molecule has 116 valence electrons. The number of nitrogens with zero attached hydrogens (tertiary/aromatic N) is 1. The number of rotatable bonds is 3. The highest BCUT2D eigenvalue weighted by Gasteiger charge is 2.20. The van der Waals surface area contributed by atoms with E-state index in [0.717, 1.165) is 5.39 Å². The number of hydrogen-bond acceptors (Lipinski definition) is 3. The fraction of sp³-hybridized carbons (Fsp3) is 0.286. The van der Waals surface area contributed by atoms with E-state index in [1.807, 2.05) is 26.0 Å². The largest absolute Gasteiger partial charge is 0.345 e. The van der Waals surface area contributed by atoms with Crippen LogP contribution >= 0.6 is 36.4 Å². The number of fused-ring (bicyclic) bond motifs is 1. The molecule has 21 heavy (non-hydrogen) atoms. The van der Waals surface area contributed by atoms with Gasteiger partial charge in [0.05, 0.1) is 5.52 Å². The molecular formula is C14H18Cl3N3O. The first-order valence-electron chi connectivity index (χ1n) is 6.00. The average Bonchev–Trinajstić information content (AvgIpc) is 2.37. The molecule has 7 heteroatoms. The predicted octanol–water partition coefficient (Wildman–Crippen LogP) is 3.20. The standard InChI is InChI=1S/C14H16ClN3O.2ClH/c1-14(2,8-16)18-13(19)11-6-4-9-3-5-10(15)7-12(9)17-11;;/h3-7H,8,16H2,1-2H3,(H,18,19);2*1H. The molecule has 1 aromatic heterocycles. The first-order valence-corrected chi connectivity index (χ1v) is 6.38. The summed E-state index contributed by atoms with van der Waals surface area (Å²) in [5, 5.41) is 4.38. The van der Waals surface area contributed by atoms with E-state index in [0.29, 0.717) is 22.8 Å². The van der Waals surface area contributed by atoms with Gasteiger partial charge >= 0.3 is 0 Å². The van der Waals surface area contributed by atoms with Gasteiger partial charge in [0.15, 0.2) is 0 Å². The van der Waals surface area contributed by atoms with Crippen LogP contribution in [0, 0.1) is 0 Å². The highest BCUT2D eigenvalue weighted by Crippen LogP contribution is 2.18. The molecule has 0 saturated heterocycles. The van der Waals surface area contributed by atoms with Gasteiger partial charge in [0.25, 0.3) is 5.91 Å². The summed E-state index contributed by atoms with van der Waals surface area (Å²) in [7, 11) is 0. The molecule has 0 aliphatic rings. The summed E-state index contributed by atoms with van der Waals surface area (Å²) in [5.41, 5.74) is 6.19. The number of amides is 1. The maximum atomic E-state index is 12.1. The van der Waals surface area contributed by atoms with Gasteiger partial charge in [-0.05, 0) is 32.0 Å². The highest BCUT2D eigenvalue weighted by molar-refractivity contribution is 6.31. The van der Waals surface area contributed by atoms with Crippen LogP contribution in [0.2, 0.25) is 5.02 Å². The van der Waals surface area contributed by atoms with Gasteiger partial charge in [-0.3, -0.25) is 4.79 Å². The van der Waals surface area contributed by atoms with Crippen LogP contribution in [0.4, 0.5) is 0 Å². The minimum absolute atomic E-state index is 0. The Bertz CT molecular complexity index is 632. The van der Waals surface area contributed by atoms with Crippen molar-refractivity contribution in [1.29, 1.82) is 0 Å². The number of nitrogens with two attached hydrogens (primary N) is 1. The van der Waals surface area contributed by atoms with Crippen molar-refractivity contribution in [3.63, 3.8) is 0 Å². The number of carbonyl (C=O) groups excluding carboxylic acids is 1. The lowest BCUT2D eigenvalue weighted by Crippen LogP contribution is -2.49. The van der Waals surface area contributed by atoms with Gasteiger partial charge in [-0.15, -0.1) is 24.8 Å². The second-order valence-corrected chi connectivity index (χ2v) is 5.51. The third-order valence-electron chi connectivity index (χ3n) is 2.85. The lowest BCUT2D eigenvalue weighted by atomic mass is 10.1. The molecule has 0 saturated carbocycles. The Morgan fingerprint density at radius 1 is 1.29 bits per heavy atom. The Kier molecular flexibility index (Phi) is 7.40. The summed E-state index contributed by atoms with van der Waals surface area (Å²) in [4.78, 5) is 16.4. The Balaban J connectivity index is 0.00000200. The van der Waals surface area contributed by atoms with Crippen LogP contribution in [0.25, 0.3) is 10.9 Å². The van der Waals surface area contributed by atoms with Crippen molar-refractivity contribution in [2.45, 2.75) is 19.4 Å². The Hall–Kier alpha value is -1.07. The molecule has 0 aliphatic heterocycles. The maximum Gasteiger partial charge on any atom is 0.270 e. The van der Waals surface area contributed by atoms with Gasteiger partial charge in [0.2, 0.25) is 0 Å². The zero-order valence-electron chi connectivity index (χ0n) is 11.7. The van der Waals surface area contributed by atoms with Gasteiger partial charge in [-0.1, -0.05) is 23.7 Å². The summed E-state index contributed by atoms with van der Waals surface area (Å²) >= 11 is 5.92. The number of pyridine rings is 1. The van der Waals surface area contributed by atoms with E-state index in [-0.39, 0.29) is 30.7 Å². The number of benzene rings is 1. The maximum absolute atomic E-state index is 12.1. The molecule has 0 bridgehead atoms. The summed E-state index contributed by atoms with van der Waals surface area (Å²) in [6, 6.07) is 8.95. The van der Waals surface area contributed by atoms with Crippen molar-refractivity contribution in [2.24, 2.45) is 5.73 Å². The van der Waals surface area contributed by atoms with E-state index in [2.05, 4.69) is 10.3 Å². The zero-order valence-corrected chi connectivity index (χ0v) is 14.1. The first-order chi connectivity index (χ1) is 8.91. The van der Waals surface area contributed by atoms with Gasteiger partial charge in [-0.2, -0.15) is 0 Å². The molecule has 0 unspecified atom stereocenters. The summed E-state index contributed by atoms with van der Waals surface area (Å²) in [5.74, 6) is -0.239. The van der Waals surface area contributed by atoms with Crippen LogP contribution in [-0.2, 0) is 0 Å². The number of halogens is 3. The molecule has 1 amide bonds. The lowest BCUT2D eigenvalue weighted by molar-refractivity contribution is 0.0911. The normalized spacial score (nSPS) is 10.5. The minimum atomic E-state index is -0.456. The number of nitrogens with one attached hydrogen (secondary N) is 1. The quantitative estimate of drug-likeness (QED) is 0.893. The van der Waals surface area contributed by atoms with E-state index in [1.54, 1.807) is 18.2 Å². The molecule has 0 radical (unpaired) electrons. The minimum Gasteiger partial charge on any atom is -0.345 e. The van der Waals surface area contributed by atoms with Crippen molar-refractivity contribution >= 4 is 53.2 Å². The number of carbonyl (C=O) groups is 1. The van der Waals surface area contributed by atoms with Gasteiger partial charge < -0.3 is 11.1 Å². The molecule has 0 aliphatic carbocycles. The van der Waals surface area contributed by atoms with Gasteiger partial charge in [0, 0.05) is 22.5 Å². The monoisotopic (exact) mass is 349 g/mol. The van der Waals surface area contributed by atoms with E-state index >= 15 is 0 Å². The number of hydrogen-bond donors (Lipinski definition) is 2. The summed E-state index contributed by atoms with van der Waals surface area (Å²) in [6.45, 7) is 4.09.